The number of carboxylic acid groups (broad SMARTS) is 1. The van der Waals surface area contributed by atoms with E-state index in [-0.39, 0.29) is 19.4 Å². The Morgan fingerprint density at radius 3 is 1.48 bits per heavy atom. The molecule has 4 N–H and O–H groups in total. The van der Waals surface area contributed by atoms with Gasteiger partial charge >= 0.3 is 25.7 Å². The minimum absolute atomic E-state index is 0.164. The van der Waals surface area contributed by atoms with Crippen molar-refractivity contribution in [3.63, 3.8) is 0 Å². The molecule has 54 heavy (non-hydrogen) atoms. The number of rotatable bonds is 40. The zero-order chi connectivity index (χ0) is 40.0. The molecule has 3 atom stereocenters. The van der Waals surface area contributed by atoms with Crippen molar-refractivity contribution >= 4 is 25.7 Å². The number of hydrogen-bond acceptors (Lipinski definition) is 9. The van der Waals surface area contributed by atoms with E-state index in [1.807, 2.05) is 0 Å². The molecule has 0 radical (unpaired) electrons. The van der Waals surface area contributed by atoms with Gasteiger partial charge in [0.05, 0.1) is 13.2 Å². The van der Waals surface area contributed by atoms with E-state index in [4.69, 9.17) is 24.8 Å². The highest BCUT2D eigenvalue weighted by atomic mass is 31.2. The predicted octanol–water partition coefficient (Wildman–Crippen LogP) is 11.1. The van der Waals surface area contributed by atoms with E-state index in [1.165, 1.54) is 103 Å². The maximum Gasteiger partial charge on any atom is 0.472 e. The van der Waals surface area contributed by atoms with Crippen molar-refractivity contribution < 1.29 is 47.5 Å². The maximum atomic E-state index is 12.6. The van der Waals surface area contributed by atoms with Gasteiger partial charge in [-0.05, 0) is 44.9 Å². The standard InChI is InChI=1S/C42H78NO10P/c1-3-5-7-9-11-13-15-16-17-18-19-20-21-22-24-25-27-29-31-33-40(44)50-35-38(36-51-54(48,49)52-37-39(43)42(46)47)53-41(45)34-32-30-28-26-23-14-12-10-8-6-4-2/h11,13,16-17,38-39H,3-10,12,14-15,18-37,43H2,1-2H3,(H,46,47)(H,48,49)/b13-11-,17-16-/t38-,39+/m1/s1. The molecule has 0 saturated carbocycles. The molecule has 0 aromatic carbocycles. The number of phosphoric acid groups is 1. The van der Waals surface area contributed by atoms with Crippen LogP contribution in [-0.4, -0.2) is 59.9 Å². The number of carboxylic acids is 1. The van der Waals surface area contributed by atoms with E-state index >= 15 is 0 Å². The zero-order valence-electron chi connectivity index (χ0n) is 34.1. The van der Waals surface area contributed by atoms with Crippen LogP contribution in [0.4, 0.5) is 0 Å². The Balaban J connectivity index is 4.30. The van der Waals surface area contributed by atoms with Crippen LogP contribution in [0.25, 0.3) is 0 Å². The SMILES string of the molecule is CCCCC/C=C\C/C=C\CCCCCCCCCCCC(=O)OC[C@H](COP(=O)(O)OC[C@H](N)C(=O)O)OC(=O)CCCCCCCCCCCCC. The van der Waals surface area contributed by atoms with Crippen LogP contribution >= 0.6 is 7.82 Å². The summed E-state index contributed by atoms with van der Waals surface area (Å²) in [6.45, 7) is 2.77. The molecule has 0 aromatic heterocycles. The van der Waals surface area contributed by atoms with Gasteiger partial charge in [-0.2, -0.15) is 0 Å². The second-order valence-corrected chi connectivity index (χ2v) is 15.9. The van der Waals surface area contributed by atoms with Gasteiger partial charge in [0.1, 0.15) is 12.6 Å². The Morgan fingerprint density at radius 2 is 0.981 bits per heavy atom. The fourth-order valence-corrected chi connectivity index (χ4v) is 6.58. The molecule has 0 bridgehead atoms. The lowest BCUT2D eigenvalue weighted by Gasteiger charge is -2.20. The summed E-state index contributed by atoms with van der Waals surface area (Å²) in [5.41, 5.74) is 5.32. The maximum absolute atomic E-state index is 12.6. The molecule has 316 valence electrons. The normalized spacial score (nSPS) is 14.0. The number of ether oxygens (including phenoxy) is 2. The van der Waals surface area contributed by atoms with E-state index in [0.29, 0.717) is 12.8 Å². The Morgan fingerprint density at radius 1 is 0.574 bits per heavy atom. The average molecular weight is 788 g/mol. The zero-order valence-corrected chi connectivity index (χ0v) is 35.0. The molecular weight excluding hydrogens is 709 g/mol. The molecular formula is C42H78NO10P. The third-order valence-electron chi connectivity index (χ3n) is 9.20. The average Bonchev–Trinajstić information content (AvgIpc) is 3.14. The number of hydrogen-bond donors (Lipinski definition) is 3. The number of phosphoric ester groups is 1. The first-order valence-electron chi connectivity index (χ1n) is 21.4. The molecule has 0 heterocycles. The highest BCUT2D eigenvalue weighted by molar-refractivity contribution is 7.47. The van der Waals surface area contributed by atoms with Crippen molar-refractivity contribution in [1.29, 1.82) is 0 Å². The lowest BCUT2D eigenvalue weighted by Crippen LogP contribution is -2.34. The summed E-state index contributed by atoms with van der Waals surface area (Å²) in [6.07, 6.45) is 38.1. The third-order valence-corrected chi connectivity index (χ3v) is 10.2. The van der Waals surface area contributed by atoms with Gasteiger partial charge in [0.25, 0.3) is 0 Å². The highest BCUT2D eigenvalue weighted by Crippen LogP contribution is 2.43. The number of aliphatic carboxylic acids is 1. The molecule has 0 amide bonds. The van der Waals surface area contributed by atoms with E-state index in [9.17, 15) is 23.8 Å². The second-order valence-electron chi connectivity index (χ2n) is 14.5. The summed E-state index contributed by atoms with van der Waals surface area (Å²) in [5, 5.41) is 8.87. The minimum Gasteiger partial charge on any atom is -0.480 e. The van der Waals surface area contributed by atoms with E-state index in [1.54, 1.807) is 0 Å². The molecule has 12 heteroatoms. The lowest BCUT2D eigenvalue weighted by molar-refractivity contribution is -0.161. The summed E-state index contributed by atoms with van der Waals surface area (Å²) in [4.78, 5) is 45.8. The van der Waals surface area contributed by atoms with E-state index in [2.05, 4.69) is 42.7 Å². The van der Waals surface area contributed by atoms with Gasteiger partial charge in [0.2, 0.25) is 0 Å². The van der Waals surface area contributed by atoms with Crippen molar-refractivity contribution in [2.24, 2.45) is 5.73 Å². The van der Waals surface area contributed by atoms with Crippen LogP contribution in [0.15, 0.2) is 24.3 Å². The van der Waals surface area contributed by atoms with E-state index in [0.717, 1.165) is 51.4 Å². The molecule has 11 nitrogen and oxygen atoms in total. The second kappa shape index (κ2) is 37.9. The number of nitrogens with two attached hydrogens (primary N) is 1. The molecule has 0 aliphatic heterocycles. The van der Waals surface area contributed by atoms with Gasteiger partial charge in [-0.25, -0.2) is 4.57 Å². The fourth-order valence-electron chi connectivity index (χ4n) is 5.80. The first-order valence-corrected chi connectivity index (χ1v) is 22.9. The largest absolute Gasteiger partial charge is 0.480 e. The summed E-state index contributed by atoms with van der Waals surface area (Å²) < 4.78 is 32.6. The van der Waals surface area contributed by atoms with Crippen molar-refractivity contribution in [2.45, 2.75) is 206 Å². The van der Waals surface area contributed by atoms with Crippen LogP contribution in [0, 0.1) is 0 Å². The van der Waals surface area contributed by atoms with Crippen LogP contribution in [0.1, 0.15) is 194 Å². The molecule has 0 aliphatic carbocycles. The van der Waals surface area contributed by atoms with Gasteiger partial charge in [-0.15, -0.1) is 0 Å². The Kier molecular flexibility index (Phi) is 36.4. The Labute approximate surface area is 328 Å². The lowest BCUT2D eigenvalue weighted by atomic mass is 10.1. The molecule has 0 saturated heterocycles. The number of carbonyl (C=O) groups is 3. The van der Waals surface area contributed by atoms with Crippen molar-refractivity contribution in [1.82, 2.24) is 0 Å². The monoisotopic (exact) mass is 788 g/mol. The summed E-state index contributed by atoms with van der Waals surface area (Å²) in [6, 6.07) is -1.52. The van der Waals surface area contributed by atoms with Gasteiger partial charge < -0.3 is 25.2 Å². The summed E-state index contributed by atoms with van der Waals surface area (Å²) >= 11 is 0. The van der Waals surface area contributed by atoms with Gasteiger partial charge in [0, 0.05) is 12.8 Å². The molecule has 0 aliphatic rings. The van der Waals surface area contributed by atoms with Crippen molar-refractivity contribution in [2.75, 3.05) is 19.8 Å². The van der Waals surface area contributed by atoms with Crippen molar-refractivity contribution in [3.8, 4) is 0 Å². The highest BCUT2D eigenvalue weighted by Gasteiger charge is 2.28. The van der Waals surface area contributed by atoms with Gasteiger partial charge in [0.15, 0.2) is 6.10 Å². The summed E-state index contributed by atoms with van der Waals surface area (Å²) in [5.74, 6) is -2.38. The van der Waals surface area contributed by atoms with Gasteiger partial charge in [-0.3, -0.25) is 23.4 Å². The number of allylic oxidation sites excluding steroid dienone is 4. The fraction of sp³-hybridized carbons (Fsp3) is 0.833. The Bertz CT molecular complexity index is 1020. The van der Waals surface area contributed by atoms with Gasteiger partial charge in [-0.1, -0.05) is 160 Å². The predicted molar refractivity (Wildman–Crippen MR) is 217 cm³/mol. The number of esters is 2. The number of carbonyl (C=O) groups excluding carboxylic acids is 2. The molecule has 0 rings (SSSR count). The molecule has 0 fully saturated rings. The first kappa shape index (κ1) is 52.0. The van der Waals surface area contributed by atoms with Crippen LogP contribution < -0.4 is 5.73 Å². The Hall–Kier alpha value is -2.04. The summed E-state index contributed by atoms with van der Waals surface area (Å²) in [7, 11) is -4.71. The van der Waals surface area contributed by atoms with Crippen LogP contribution in [0.3, 0.4) is 0 Å². The third kappa shape index (κ3) is 36.9. The first-order chi connectivity index (χ1) is 26.1. The van der Waals surface area contributed by atoms with Crippen LogP contribution in [0.2, 0.25) is 0 Å². The number of unbranched alkanes of at least 4 members (excludes halogenated alkanes) is 22. The minimum atomic E-state index is -4.71. The topological polar surface area (TPSA) is 172 Å². The molecule has 0 aromatic rings. The molecule has 1 unspecified atom stereocenters. The quantitative estimate of drug-likeness (QED) is 0.0233. The smallest absolute Gasteiger partial charge is 0.472 e. The van der Waals surface area contributed by atoms with Crippen LogP contribution in [0.5, 0.6) is 0 Å². The molecule has 0 spiro atoms. The van der Waals surface area contributed by atoms with Crippen LogP contribution in [-0.2, 0) is 37.5 Å². The van der Waals surface area contributed by atoms with Crippen molar-refractivity contribution in [3.05, 3.63) is 24.3 Å². The van der Waals surface area contributed by atoms with E-state index < -0.39 is 51.1 Å².